The van der Waals surface area contributed by atoms with Gasteiger partial charge in [-0.1, -0.05) is 0 Å². The number of rotatable bonds is 9. The number of amides is 1. The zero-order valence-electron chi connectivity index (χ0n) is 13.3. The van der Waals surface area contributed by atoms with Crippen molar-refractivity contribution in [3.8, 4) is 0 Å². The summed E-state index contributed by atoms with van der Waals surface area (Å²) in [5, 5.41) is 20.6. The molecule has 9 nitrogen and oxygen atoms in total. The first-order valence-electron chi connectivity index (χ1n) is 6.93. The highest BCUT2D eigenvalue weighted by Crippen LogP contribution is 2.11. The number of aliphatic carboxylic acids is 1. The third kappa shape index (κ3) is 5.57. The molecule has 0 aliphatic heterocycles. The highest BCUT2D eigenvalue weighted by atomic mass is 32.2. The number of carbonyl (C=O) groups is 2. The molecule has 4 N–H and O–H groups in total. The largest absolute Gasteiger partial charge is 0.479 e. The number of ether oxygens (including phenoxy) is 1. The summed E-state index contributed by atoms with van der Waals surface area (Å²) in [6, 6.07) is 5.07. The SMILES string of the molecule is COCCNS(=O)(=O)c1ccc(C(=O)NCC(C)(O)C(=O)O)cc1. The first-order chi connectivity index (χ1) is 11.1. The zero-order chi connectivity index (χ0) is 18.4. The van der Waals surface area contributed by atoms with E-state index in [1.807, 2.05) is 0 Å². The van der Waals surface area contributed by atoms with Gasteiger partial charge in [0.1, 0.15) is 0 Å². The predicted molar refractivity (Wildman–Crippen MR) is 84.1 cm³/mol. The molecule has 0 heterocycles. The molecule has 0 aliphatic carbocycles. The molecule has 0 saturated heterocycles. The van der Waals surface area contributed by atoms with Crippen LogP contribution in [0.3, 0.4) is 0 Å². The Morgan fingerprint density at radius 2 is 1.83 bits per heavy atom. The molecule has 24 heavy (non-hydrogen) atoms. The Morgan fingerprint density at radius 3 is 2.33 bits per heavy atom. The van der Waals surface area contributed by atoms with Crippen LogP contribution in [0.25, 0.3) is 0 Å². The van der Waals surface area contributed by atoms with Gasteiger partial charge >= 0.3 is 5.97 Å². The molecule has 0 saturated carbocycles. The van der Waals surface area contributed by atoms with E-state index in [0.29, 0.717) is 0 Å². The highest BCUT2D eigenvalue weighted by molar-refractivity contribution is 7.89. The minimum atomic E-state index is -3.70. The Kier molecular flexibility index (Phi) is 6.84. The first-order valence-corrected chi connectivity index (χ1v) is 8.41. The number of aliphatic hydroxyl groups is 1. The minimum Gasteiger partial charge on any atom is -0.479 e. The van der Waals surface area contributed by atoms with Gasteiger partial charge in [0.2, 0.25) is 10.0 Å². The van der Waals surface area contributed by atoms with Crippen molar-refractivity contribution < 1.29 is 33.0 Å². The third-order valence-corrected chi connectivity index (χ3v) is 4.56. The van der Waals surface area contributed by atoms with Gasteiger partial charge in [0.05, 0.1) is 18.0 Å². The molecule has 1 unspecified atom stereocenters. The van der Waals surface area contributed by atoms with Crippen LogP contribution < -0.4 is 10.0 Å². The standard InChI is InChI=1S/C14H20N2O7S/c1-14(20,13(18)19)9-15-12(17)10-3-5-11(6-4-10)24(21,22)16-7-8-23-2/h3-6,16,20H,7-9H2,1-2H3,(H,15,17)(H,18,19). The molecule has 1 aromatic carbocycles. The van der Waals surface area contributed by atoms with Gasteiger partial charge in [0, 0.05) is 19.2 Å². The van der Waals surface area contributed by atoms with Gasteiger partial charge < -0.3 is 20.3 Å². The summed E-state index contributed by atoms with van der Waals surface area (Å²) in [5.74, 6) is -2.10. The second-order valence-electron chi connectivity index (χ2n) is 5.18. The van der Waals surface area contributed by atoms with Gasteiger partial charge in [0.15, 0.2) is 5.60 Å². The Morgan fingerprint density at radius 1 is 1.25 bits per heavy atom. The number of sulfonamides is 1. The monoisotopic (exact) mass is 360 g/mol. The summed E-state index contributed by atoms with van der Waals surface area (Å²) in [4.78, 5) is 22.6. The Balaban J connectivity index is 2.73. The van der Waals surface area contributed by atoms with Crippen molar-refractivity contribution in [3.63, 3.8) is 0 Å². The van der Waals surface area contributed by atoms with E-state index in [2.05, 4.69) is 10.0 Å². The summed E-state index contributed by atoms with van der Waals surface area (Å²) < 4.78 is 31.0. The lowest BCUT2D eigenvalue weighted by atomic mass is 10.1. The van der Waals surface area contributed by atoms with Gasteiger partial charge in [0.25, 0.3) is 5.91 Å². The molecule has 134 valence electrons. The van der Waals surface area contributed by atoms with E-state index in [1.54, 1.807) is 0 Å². The van der Waals surface area contributed by atoms with Crippen molar-refractivity contribution in [2.75, 3.05) is 26.8 Å². The molecule has 1 aromatic rings. The van der Waals surface area contributed by atoms with E-state index < -0.39 is 34.0 Å². The average Bonchev–Trinajstić information content (AvgIpc) is 2.53. The molecule has 0 fully saturated rings. The Hall–Kier alpha value is -2.01. The average molecular weight is 360 g/mol. The van der Waals surface area contributed by atoms with Crippen molar-refractivity contribution >= 4 is 21.9 Å². The molecule has 0 bridgehead atoms. The molecule has 10 heteroatoms. The Labute approximate surface area is 139 Å². The summed E-state index contributed by atoms with van der Waals surface area (Å²) in [6.07, 6.45) is 0. The van der Waals surface area contributed by atoms with Crippen molar-refractivity contribution in [1.82, 2.24) is 10.0 Å². The fourth-order valence-corrected chi connectivity index (χ4v) is 2.59. The van der Waals surface area contributed by atoms with Crippen LogP contribution in [0.1, 0.15) is 17.3 Å². The number of benzene rings is 1. The maximum atomic E-state index is 12.0. The van der Waals surface area contributed by atoms with E-state index in [4.69, 9.17) is 9.84 Å². The molecule has 1 atom stereocenters. The molecule has 0 spiro atoms. The topological polar surface area (TPSA) is 142 Å². The van der Waals surface area contributed by atoms with Gasteiger partial charge in [-0.25, -0.2) is 17.9 Å². The first kappa shape index (κ1) is 20.0. The van der Waals surface area contributed by atoms with Crippen LogP contribution in [0.5, 0.6) is 0 Å². The van der Waals surface area contributed by atoms with Crippen molar-refractivity contribution in [2.24, 2.45) is 0 Å². The van der Waals surface area contributed by atoms with Gasteiger partial charge in [-0.2, -0.15) is 0 Å². The van der Waals surface area contributed by atoms with Crippen LogP contribution in [0.15, 0.2) is 29.2 Å². The molecule has 0 radical (unpaired) electrons. The number of hydrogen-bond acceptors (Lipinski definition) is 6. The fourth-order valence-electron chi connectivity index (χ4n) is 1.58. The fraction of sp³-hybridized carbons (Fsp3) is 0.429. The number of methoxy groups -OCH3 is 1. The number of carboxylic acids is 1. The second-order valence-corrected chi connectivity index (χ2v) is 6.94. The quantitative estimate of drug-likeness (QED) is 0.421. The summed E-state index contributed by atoms with van der Waals surface area (Å²) >= 11 is 0. The van der Waals surface area contributed by atoms with E-state index in [0.717, 1.165) is 6.92 Å². The number of hydrogen-bond donors (Lipinski definition) is 4. The van der Waals surface area contributed by atoms with Crippen LogP contribution in [0, 0.1) is 0 Å². The van der Waals surface area contributed by atoms with Crippen LogP contribution in [0.2, 0.25) is 0 Å². The normalized spacial score (nSPS) is 14.0. The number of carboxylic acid groups (broad SMARTS) is 1. The molecular weight excluding hydrogens is 340 g/mol. The molecule has 1 amide bonds. The van der Waals surface area contributed by atoms with Crippen LogP contribution >= 0.6 is 0 Å². The van der Waals surface area contributed by atoms with E-state index in [-0.39, 0.29) is 23.6 Å². The number of carbonyl (C=O) groups excluding carboxylic acids is 1. The Bertz CT molecular complexity index is 684. The van der Waals surface area contributed by atoms with Gasteiger partial charge in [-0.15, -0.1) is 0 Å². The zero-order valence-corrected chi connectivity index (χ0v) is 14.1. The number of nitrogens with one attached hydrogen (secondary N) is 2. The summed E-state index contributed by atoms with van der Waals surface area (Å²) in [6.45, 7) is 0.908. The highest BCUT2D eigenvalue weighted by Gasteiger charge is 2.30. The summed E-state index contributed by atoms with van der Waals surface area (Å²) in [5.41, 5.74) is -1.96. The molecule has 1 rings (SSSR count). The lowest BCUT2D eigenvalue weighted by Gasteiger charge is -2.18. The van der Waals surface area contributed by atoms with E-state index in [1.165, 1.54) is 31.4 Å². The summed E-state index contributed by atoms with van der Waals surface area (Å²) in [7, 11) is -2.25. The van der Waals surface area contributed by atoms with Gasteiger partial charge in [-0.3, -0.25) is 4.79 Å². The lowest BCUT2D eigenvalue weighted by Crippen LogP contribution is -2.46. The third-order valence-electron chi connectivity index (χ3n) is 3.08. The molecular formula is C14H20N2O7S. The molecule has 0 aliphatic rings. The van der Waals surface area contributed by atoms with Crippen molar-refractivity contribution in [1.29, 1.82) is 0 Å². The van der Waals surface area contributed by atoms with Gasteiger partial charge in [-0.05, 0) is 31.2 Å². The van der Waals surface area contributed by atoms with Crippen LogP contribution in [-0.2, 0) is 19.6 Å². The van der Waals surface area contributed by atoms with Crippen molar-refractivity contribution in [2.45, 2.75) is 17.4 Å². The maximum absolute atomic E-state index is 12.0. The van der Waals surface area contributed by atoms with Crippen LogP contribution in [-0.4, -0.2) is 62.9 Å². The van der Waals surface area contributed by atoms with Crippen LogP contribution in [0.4, 0.5) is 0 Å². The van der Waals surface area contributed by atoms with Crippen molar-refractivity contribution in [3.05, 3.63) is 29.8 Å². The smallest absolute Gasteiger partial charge is 0.337 e. The minimum absolute atomic E-state index is 0.0207. The molecule has 0 aromatic heterocycles. The second kappa shape index (κ2) is 8.20. The predicted octanol–water partition coefficient (Wildman–Crippen LogP) is -0.823. The maximum Gasteiger partial charge on any atom is 0.337 e. The van der Waals surface area contributed by atoms with E-state index >= 15 is 0 Å². The van der Waals surface area contributed by atoms with E-state index in [9.17, 15) is 23.1 Å². The lowest BCUT2D eigenvalue weighted by molar-refractivity contribution is -0.155.